The highest BCUT2D eigenvalue weighted by atomic mass is 35.5. The molecular formula is C29H40Cl2N2OS. The summed E-state index contributed by atoms with van der Waals surface area (Å²) in [5.41, 5.74) is 2.66. The van der Waals surface area contributed by atoms with Crippen molar-refractivity contribution < 1.29 is 5.11 Å². The van der Waals surface area contributed by atoms with E-state index < -0.39 is 0 Å². The number of aliphatic hydroxyl groups is 1. The highest BCUT2D eigenvalue weighted by Gasteiger charge is 2.36. The van der Waals surface area contributed by atoms with E-state index in [0.717, 1.165) is 36.6 Å². The molecule has 3 heterocycles. The molecule has 1 aromatic carbocycles. The number of thiophene rings is 1. The van der Waals surface area contributed by atoms with Gasteiger partial charge in [0.15, 0.2) is 0 Å². The zero-order valence-corrected chi connectivity index (χ0v) is 23.1. The van der Waals surface area contributed by atoms with Gasteiger partial charge in [-0.05, 0) is 103 Å². The van der Waals surface area contributed by atoms with E-state index in [4.69, 9.17) is 23.2 Å². The summed E-state index contributed by atoms with van der Waals surface area (Å²) in [5, 5.41) is 16.8. The van der Waals surface area contributed by atoms with E-state index in [9.17, 15) is 5.11 Å². The van der Waals surface area contributed by atoms with Gasteiger partial charge in [0.1, 0.15) is 0 Å². The third-order valence-corrected chi connectivity index (χ3v) is 10.2. The molecule has 0 bridgehead atoms. The molecule has 0 amide bonds. The Balaban J connectivity index is 1.15. The standard InChI is InChI=1S/C29H40Cl2N2OS/c30-26-7-6-23(28(31)15-26)16-33-18-25(27(19-33)24-10-13-35-20-24)17-32-11-8-21(9-12-32)14-29(34)22-4-2-1-3-5-22/h6-7,10,13,15,20-22,25,27,29,34H,1-5,8-9,11-12,14,16-19H2. The number of hydrogen-bond acceptors (Lipinski definition) is 4. The summed E-state index contributed by atoms with van der Waals surface area (Å²) in [5.74, 6) is 2.48. The smallest absolute Gasteiger partial charge is 0.0571 e. The van der Waals surface area contributed by atoms with Crippen LogP contribution in [0.3, 0.4) is 0 Å². The summed E-state index contributed by atoms with van der Waals surface area (Å²) >= 11 is 14.4. The highest BCUT2D eigenvalue weighted by molar-refractivity contribution is 7.08. The number of hydrogen-bond donors (Lipinski definition) is 1. The lowest BCUT2D eigenvalue weighted by atomic mass is 9.80. The number of aliphatic hydroxyl groups excluding tert-OH is 1. The van der Waals surface area contributed by atoms with Crippen LogP contribution in [0.4, 0.5) is 0 Å². The molecule has 2 saturated heterocycles. The lowest BCUT2D eigenvalue weighted by Gasteiger charge is -2.36. The van der Waals surface area contributed by atoms with Gasteiger partial charge in [0.25, 0.3) is 0 Å². The normalized spacial score (nSPS) is 26.4. The van der Waals surface area contributed by atoms with Crippen LogP contribution in [-0.4, -0.2) is 53.7 Å². The van der Waals surface area contributed by atoms with E-state index in [2.05, 4.69) is 32.7 Å². The van der Waals surface area contributed by atoms with Crippen LogP contribution in [0.2, 0.25) is 10.0 Å². The van der Waals surface area contributed by atoms with Crippen molar-refractivity contribution in [3.63, 3.8) is 0 Å². The monoisotopic (exact) mass is 534 g/mol. The van der Waals surface area contributed by atoms with Crippen molar-refractivity contribution in [2.24, 2.45) is 17.8 Å². The second-order valence-electron chi connectivity index (χ2n) is 11.3. The maximum atomic E-state index is 10.8. The van der Waals surface area contributed by atoms with Gasteiger partial charge in [-0.2, -0.15) is 11.3 Å². The van der Waals surface area contributed by atoms with Crippen molar-refractivity contribution in [2.75, 3.05) is 32.7 Å². The highest BCUT2D eigenvalue weighted by Crippen LogP contribution is 2.37. The number of benzene rings is 1. The molecule has 0 spiro atoms. The van der Waals surface area contributed by atoms with E-state index in [1.54, 1.807) is 0 Å². The molecular weight excluding hydrogens is 495 g/mol. The first kappa shape index (κ1) is 26.0. The van der Waals surface area contributed by atoms with E-state index >= 15 is 0 Å². The van der Waals surface area contributed by atoms with Crippen LogP contribution in [0.1, 0.15) is 68.4 Å². The molecule has 6 heteroatoms. The Morgan fingerprint density at radius 2 is 1.77 bits per heavy atom. The minimum Gasteiger partial charge on any atom is -0.393 e. The third-order valence-electron chi connectivity index (χ3n) is 8.87. The second kappa shape index (κ2) is 12.3. The van der Waals surface area contributed by atoms with Gasteiger partial charge in [-0.15, -0.1) is 0 Å². The molecule has 2 aliphatic heterocycles. The summed E-state index contributed by atoms with van der Waals surface area (Å²) in [6.45, 7) is 6.61. The van der Waals surface area contributed by atoms with Crippen molar-refractivity contribution in [3.05, 3.63) is 56.2 Å². The molecule has 1 aromatic heterocycles. The Labute approximate surface area is 225 Å². The first-order valence-electron chi connectivity index (χ1n) is 13.6. The van der Waals surface area contributed by atoms with Gasteiger partial charge in [0.2, 0.25) is 0 Å². The van der Waals surface area contributed by atoms with Crippen molar-refractivity contribution in [1.29, 1.82) is 0 Å². The van der Waals surface area contributed by atoms with Gasteiger partial charge < -0.3 is 10.0 Å². The predicted molar refractivity (Wildman–Crippen MR) is 149 cm³/mol. The molecule has 3 aliphatic rings. The van der Waals surface area contributed by atoms with E-state index in [1.807, 2.05) is 23.5 Å². The fourth-order valence-corrected chi connectivity index (χ4v) is 8.01. The zero-order valence-electron chi connectivity index (χ0n) is 20.8. The van der Waals surface area contributed by atoms with Crippen molar-refractivity contribution in [1.82, 2.24) is 9.80 Å². The molecule has 1 saturated carbocycles. The van der Waals surface area contributed by atoms with Gasteiger partial charge in [0, 0.05) is 42.1 Å². The van der Waals surface area contributed by atoms with Gasteiger partial charge in [-0.1, -0.05) is 48.5 Å². The largest absolute Gasteiger partial charge is 0.393 e. The number of nitrogens with zero attached hydrogens (tertiary/aromatic N) is 2. The molecule has 35 heavy (non-hydrogen) atoms. The zero-order chi connectivity index (χ0) is 24.2. The molecule has 5 rings (SSSR count). The molecule has 3 unspecified atom stereocenters. The first-order valence-corrected chi connectivity index (χ1v) is 15.3. The van der Waals surface area contributed by atoms with E-state index in [-0.39, 0.29) is 6.10 Å². The Kier molecular flexibility index (Phi) is 9.13. The van der Waals surface area contributed by atoms with Crippen molar-refractivity contribution >= 4 is 34.5 Å². The minimum atomic E-state index is -0.0714. The number of halogens is 2. The van der Waals surface area contributed by atoms with Crippen LogP contribution in [0, 0.1) is 17.8 Å². The average Bonchev–Trinajstić information content (AvgIpc) is 3.53. The summed E-state index contributed by atoms with van der Waals surface area (Å²) < 4.78 is 0. The van der Waals surface area contributed by atoms with Crippen LogP contribution in [0.25, 0.3) is 0 Å². The maximum Gasteiger partial charge on any atom is 0.0571 e. The second-order valence-corrected chi connectivity index (χ2v) is 12.9. The number of piperidine rings is 1. The molecule has 2 aromatic rings. The SMILES string of the molecule is OC(CC1CCN(CC2CN(Cc3ccc(Cl)cc3Cl)CC2c2ccsc2)CC1)C1CCCCC1. The number of likely N-dealkylation sites (tertiary alicyclic amines) is 2. The van der Waals surface area contributed by atoms with Gasteiger partial charge >= 0.3 is 0 Å². The lowest BCUT2D eigenvalue weighted by molar-refractivity contribution is 0.0467. The Morgan fingerprint density at radius 3 is 2.49 bits per heavy atom. The molecule has 192 valence electrons. The topological polar surface area (TPSA) is 26.7 Å². The molecule has 3 nitrogen and oxygen atoms in total. The fourth-order valence-electron chi connectivity index (χ4n) is 6.82. The van der Waals surface area contributed by atoms with Gasteiger partial charge in [-0.3, -0.25) is 4.90 Å². The lowest BCUT2D eigenvalue weighted by Crippen LogP contribution is -2.39. The minimum absolute atomic E-state index is 0.0714. The molecule has 3 atom stereocenters. The van der Waals surface area contributed by atoms with E-state index in [0.29, 0.717) is 28.7 Å². The molecule has 0 radical (unpaired) electrons. The van der Waals surface area contributed by atoms with Gasteiger partial charge in [-0.25, -0.2) is 0 Å². The van der Waals surface area contributed by atoms with Crippen LogP contribution in [-0.2, 0) is 6.54 Å². The summed E-state index contributed by atoms with van der Waals surface area (Å²) in [7, 11) is 0. The molecule has 3 fully saturated rings. The van der Waals surface area contributed by atoms with Gasteiger partial charge in [0.05, 0.1) is 6.10 Å². The Bertz CT molecular complexity index is 925. The molecule has 1 N–H and O–H groups in total. The van der Waals surface area contributed by atoms with Crippen molar-refractivity contribution in [2.45, 2.75) is 69.9 Å². The molecule has 1 aliphatic carbocycles. The fraction of sp³-hybridized carbons (Fsp3) is 0.655. The third kappa shape index (κ3) is 6.83. The maximum absolute atomic E-state index is 10.8. The summed E-state index contributed by atoms with van der Waals surface area (Å²) in [4.78, 5) is 5.28. The first-order chi connectivity index (χ1) is 17.0. The van der Waals surface area contributed by atoms with Crippen LogP contribution in [0.5, 0.6) is 0 Å². The van der Waals surface area contributed by atoms with E-state index in [1.165, 1.54) is 70.1 Å². The number of rotatable bonds is 8. The van der Waals surface area contributed by atoms with Crippen molar-refractivity contribution in [3.8, 4) is 0 Å². The predicted octanol–water partition coefficient (Wildman–Crippen LogP) is 7.31. The summed E-state index contributed by atoms with van der Waals surface area (Å²) in [6, 6.07) is 8.20. The Morgan fingerprint density at radius 1 is 0.971 bits per heavy atom. The van der Waals surface area contributed by atoms with Crippen LogP contribution < -0.4 is 0 Å². The Hall–Kier alpha value is -0.620. The average molecular weight is 536 g/mol. The summed E-state index contributed by atoms with van der Waals surface area (Å²) in [6.07, 6.45) is 9.90. The quantitative estimate of drug-likeness (QED) is 0.384. The van der Waals surface area contributed by atoms with Crippen LogP contribution in [0.15, 0.2) is 35.0 Å². The van der Waals surface area contributed by atoms with Crippen LogP contribution >= 0.6 is 34.5 Å².